The SMILES string of the molecule is C[C@@H]1CNC[C@H]1C(=O)N1CCCC(C(C)(C)C(=O)O)C1. The number of carboxylic acid groups (broad SMARTS) is 1. The average molecular weight is 282 g/mol. The highest BCUT2D eigenvalue weighted by molar-refractivity contribution is 5.80. The molecule has 5 nitrogen and oxygen atoms in total. The molecule has 0 bridgehead atoms. The molecule has 2 aliphatic rings. The topological polar surface area (TPSA) is 69.6 Å². The van der Waals surface area contributed by atoms with Crippen molar-refractivity contribution in [2.75, 3.05) is 26.2 Å². The molecule has 2 N–H and O–H groups in total. The molecule has 2 heterocycles. The molecule has 0 spiro atoms. The Morgan fingerprint density at radius 2 is 2.00 bits per heavy atom. The van der Waals surface area contributed by atoms with Gasteiger partial charge >= 0.3 is 5.97 Å². The maximum atomic E-state index is 12.6. The maximum absolute atomic E-state index is 12.6. The fourth-order valence-electron chi connectivity index (χ4n) is 3.32. The molecule has 0 aromatic carbocycles. The minimum atomic E-state index is -0.771. The third-order valence-electron chi connectivity index (χ3n) is 5.14. The second-order valence-electron chi connectivity index (χ2n) is 6.89. The van der Waals surface area contributed by atoms with E-state index < -0.39 is 11.4 Å². The van der Waals surface area contributed by atoms with E-state index in [1.165, 1.54) is 0 Å². The van der Waals surface area contributed by atoms with E-state index in [-0.39, 0.29) is 17.7 Å². The van der Waals surface area contributed by atoms with Gasteiger partial charge in [0.1, 0.15) is 0 Å². The Morgan fingerprint density at radius 3 is 2.55 bits per heavy atom. The number of carboxylic acids is 1. The zero-order valence-electron chi connectivity index (χ0n) is 12.7. The van der Waals surface area contributed by atoms with Crippen molar-refractivity contribution in [1.82, 2.24) is 10.2 Å². The quantitative estimate of drug-likeness (QED) is 0.816. The van der Waals surface area contributed by atoms with Crippen LogP contribution in [0, 0.1) is 23.2 Å². The summed E-state index contributed by atoms with van der Waals surface area (Å²) in [5.41, 5.74) is -0.765. The fraction of sp³-hybridized carbons (Fsp3) is 0.867. The van der Waals surface area contributed by atoms with Gasteiger partial charge in [-0.2, -0.15) is 0 Å². The lowest BCUT2D eigenvalue weighted by molar-refractivity contribution is -0.153. The molecule has 1 amide bonds. The minimum Gasteiger partial charge on any atom is -0.481 e. The first-order valence-corrected chi connectivity index (χ1v) is 7.57. The van der Waals surface area contributed by atoms with Crippen molar-refractivity contribution in [2.24, 2.45) is 23.2 Å². The van der Waals surface area contributed by atoms with Crippen LogP contribution in [0.2, 0.25) is 0 Å². The van der Waals surface area contributed by atoms with Crippen molar-refractivity contribution >= 4 is 11.9 Å². The van der Waals surface area contributed by atoms with E-state index in [9.17, 15) is 14.7 Å². The highest BCUT2D eigenvalue weighted by Crippen LogP contribution is 2.35. The van der Waals surface area contributed by atoms with Gasteiger partial charge in [-0.25, -0.2) is 0 Å². The zero-order chi connectivity index (χ0) is 14.9. The molecule has 0 aliphatic carbocycles. The van der Waals surface area contributed by atoms with E-state index in [1.807, 2.05) is 4.90 Å². The number of aliphatic carboxylic acids is 1. The molecule has 114 valence electrons. The lowest BCUT2D eigenvalue weighted by Crippen LogP contribution is -2.49. The summed E-state index contributed by atoms with van der Waals surface area (Å²) >= 11 is 0. The molecule has 20 heavy (non-hydrogen) atoms. The van der Waals surface area contributed by atoms with Gasteiger partial charge < -0.3 is 15.3 Å². The van der Waals surface area contributed by atoms with Gasteiger partial charge in [0, 0.05) is 19.6 Å². The molecule has 2 aliphatic heterocycles. The molecule has 2 rings (SSSR count). The van der Waals surface area contributed by atoms with Gasteiger partial charge in [0.05, 0.1) is 11.3 Å². The fourth-order valence-corrected chi connectivity index (χ4v) is 3.32. The molecule has 0 saturated carbocycles. The minimum absolute atomic E-state index is 0.0439. The summed E-state index contributed by atoms with van der Waals surface area (Å²) in [6, 6.07) is 0. The van der Waals surface area contributed by atoms with Crippen molar-refractivity contribution in [1.29, 1.82) is 0 Å². The van der Waals surface area contributed by atoms with Crippen LogP contribution in [0.3, 0.4) is 0 Å². The number of nitrogens with one attached hydrogen (secondary N) is 1. The molecule has 3 atom stereocenters. The summed E-state index contributed by atoms with van der Waals surface area (Å²) in [6.45, 7) is 8.65. The van der Waals surface area contributed by atoms with Crippen LogP contribution in [0.15, 0.2) is 0 Å². The molecular weight excluding hydrogens is 256 g/mol. The zero-order valence-corrected chi connectivity index (χ0v) is 12.7. The van der Waals surface area contributed by atoms with E-state index in [0.717, 1.165) is 32.5 Å². The Kier molecular flexibility index (Phi) is 4.37. The highest BCUT2D eigenvalue weighted by atomic mass is 16.4. The van der Waals surface area contributed by atoms with E-state index in [4.69, 9.17) is 0 Å². The van der Waals surface area contributed by atoms with E-state index in [1.54, 1.807) is 13.8 Å². The predicted octanol–water partition coefficient (Wildman–Crippen LogP) is 1.19. The van der Waals surface area contributed by atoms with Gasteiger partial charge in [0.2, 0.25) is 5.91 Å². The first-order valence-electron chi connectivity index (χ1n) is 7.57. The third kappa shape index (κ3) is 2.82. The summed E-state index contributed by atoms with van der Waals surface area (Å²) in [5, 5.41) is 12.6. The Morgan fingerprint density at radius 1 is 1.30 bits per heavy atom. The molecule has 2 saturated heterocycles. The average Bonchev–Trinajstić information content (AvgIpc) is 2.84. The van der Waals surface area contributed by atoms with Gasteiger partial charge in [-0.3, -0.25) is 9.59 Å². The number of hydrogen-bond acceptors (Lipinski definition) is 3. The number of carbonyl (C=O) groups is 2. The van der Waals surface area contributed by atoms with Crippen LogP contribution in [0.5, 0.6) is 0 Å². The molecular formula is C15H26N2O3. The lowest BCUT2D eigenvalue weighted by Gasteiger charge is -2.40. The number of likely N-dealkylation sites (tertiary alicyclic amines) is 1. The largest absolute Gasteiger partial charge is 0.481 e. The van der Waals surface area contributed by atoms with E-state index in [2.05, 4.69) is 12.2 Å². The second kappa shape index (κ2) is 5.72. The van der Waals surface area contributed by atoms with Crippen molar-refractivity contribution in [3.05, 3.63) is 0 Å². The molecule has 2 fully saturated rings. The monoisotopic (exact) mass is 282 g/mol. The summed E-state index contributed by atoms with van der Waals surface area (Å²) in [5.74, 6) is -0.0968. The van der Waals surface area contributed by atoms with E-state index >= 15 is 0 Å². The standard InChI is InChI=1S/C15H26N2O3/c1-10-7-16-8-12(10)13(18)17-6-4-5-11(9-17)15(2,3)14(19)20/h10-12,16H,4-9H2,1-3H3,(H,19,20)/t10-,11?,12-/m1/s1. The summed E-state index contributed by atoms with van der Waals surface area (Å²) in [4.78, 5) is 25.9. The summed E-state index contributed by atoms with van der Waals surface area (Å²) in [6.07, 6.45) is 1.79. The van der Waals surface area contributed by atoms with Crippen molar-refractivity contribution in [3.8, 4) is 0 Å². The van der Waals surface area contributed by atoms with Crippen LogP contribution in [0.1, 0.15) is 33.6 Å². The van der Waals surface area contributed by atoms with Crippen molar-refractivity contribution < 1.29 is 14.7 Å². The number of carbonyl (C=O) groups excluding carboxylic acids is 1. The second-order valence-corrected chi connectivity index (χ2v) is 6.89. The third-order valence-corrected chi connectivity index (χ3v) is 5.14. The van der Waals surface area contributed by atoms with Crippen LogP contribution in [-0.2, 0) is 9.59 Å². The molecule has 0 radical (unpaired) electrons. The summed E-state index contributed by atoms with van der Waals surface area (Å²) in [7, 11) is 0. The van der Waals surface area contributed by atoms with Gasteiger partial charge in [0.15, 0.2) is 0 Å². The van der Waals surface area contributed by atoms with E-state index in [0.29, 0.717) is 12.5 Å². The molecule has 0 aromatic rings. The number of hydrogen-bond donors (Lipinski definition) is 2. The van der Waals surface area contributed by atoms with Gasteiger partial charge in [-0.15, -0.1) is 0 Å². The molecule has 1 unspecified atom stereocenters. The number of nitrogens with zero attached hydrogens (tertiary/aromatic N) is 1. The number of amides is 1. The predicted molar refractivity (Wildman–Crippen MR) is 76.2 cm³/mol. The molecule has 0 aromatic heterocycles. The van der Waals surface area contributed by atoms with Crippen molar-refractivity contribution in [3.63, 3.8) is 0 Å². The van der Waals surface area contributed by atoms with Crippen LogP contribution in [0.25, 0.3) is 0 Å². The van der Waals surface area contributed by atoms with Crippen LogP contribution in [0.4, 0.5) is 0 Å². The number of rotatable bonds is 3. The van der Waals surface area contributed by atoms with Gasteiger partial charge in [0.25, 0.3) is 0 Å². The lowest BCUT2D eigenvalue weighted by atomic mass is 9.74. The van der Waals surface area contributed by atoms with Crippen LogP contribution >= 0.6 is 0 Å². The first-order chi connectivity index (χ1) is 9.34. The Balaban J connectivity index is 2.03. The Bertz CT molecular complexity index is 395. The first kappa shape index (κ1) is 15.3. The molecule has 5 heteroatoms. The van der Waals surface area contributed by atoms with Gasteiger partial charge in [-0.05, 0) is 45.1 Å². The maximum Gasteiger partial charge on any atom is 0.309 e. The Labute approximate surface area is 120 Å². The smallest absolute Gasteiger partial charge is 0.309 e. The normalized spacial score (nSPS) is 31.4. The van der Waals surface area contributed by atoms with Crippen molar-refractivity contribution in [2.45, 2.75) is 33.6 Å². The number of piperidine rings is 1. The highest BCUT2D eigenvalue weighted by Gasteiger charge is 2.41. The van der Waals surface area contributed by atoms with Gasteiger partial charge in [-0.1, -0.05) is 6.92 Å². The summed E-state index contributed by atoms with van der Waals surface area (Å²) < 4.78 is 0. The Hall–Kier alpha value is -1.10. The van der Waals surface area contributed by atoms with Crippen LogP contribution < -0.4 is 5.32 Å². The van der Waals surface area contributed by atoms with Crippen LogP contribution in [-0.4, -0.2) is 48.1 Å².